The van der Waals surface area contributed by atoms with Crippen molar-refractivity contribution in [3.8, 4) is 0 Å². The van der Waals surface area contributed by atoms with Gasteiger partial charge in [0.2, 0.25) is 0 Å². The lowest BCUT2D eigenvalue weighted by Crippen LogP contribution is -2.57. The van der Waals surface area contributed by atoms with Crippen LogP contribution in [0.25, 0.3) is 0 Å². The summed E-state index contributed by atoms with van der Waals surface area (Å²) < 4.78 is 0. The van der Waals surface area contributed by atoms with Crippen LogP contribution in [0.15, 0.2) is 0 Å². The Bertz CT molecular complexity index is 124. The first kappa shape index (κ1) is 9.35. The van der Waals surface area contributed by atoms with Crippen LogP contribution in [0.2, 0.25) is 0 Å². The van der Waals surface area contributed by atoms with Crippen molar-refractivity contribution in [1.29, 1.82) is 0 Å². The van der Waals surface area contributed by atoms with Gasteiger partial charge < -0.3 is 16.3 Å². The first-order valence-corrected chi connectivity index (χ1v) is 3.03. The molecule has 0 aliphatic rings. The van der Waals surface area contributed by atoms with Crippen LogP contribution in [0.5, 0.6) is 0 Å². The molecule has 0 heterocycles. The summed E-state index contributed by atoms with van der Waals surface area (Å²) in [5.41, 5.74) is 9.18. The van der Waals surface area contributed by atoms with Gasteiger partial charge in [-0.1, -0.05) is 13.3 Å². The quantitative estimate of drug-likeness (QED) is 0.344. The molecule has 0 aromatic rings. The van der Waals surface area contributed by atoms with Crippen LogP contribution in [0, 0.1) is 0 Å². The van der Waals surface area contributed by atoms with Crippen molar-refractivity contribution >= 4 is 5.97 Å². The van der Waals surface area contributed by atoms with E-state index in [1.165, 1.54) is 0 Å². The van der Waals surface area contributed by atoms with Crippen molar-refractivity contribution in [2.24, 2.45) is 17.4 Å². The van der Waals surface area contributed by atoms with E-state index in [4.69, 9.17) is 11.5 Å². The Kier molecular flexibility index (Phi) is 3.27. The maximum atomic E-state index is 10.6. The Morgan fingerprint density at radius 2 is 2.10 bits per heavy atom. The van der Waals surface area contributed by atoms with Crippen LogP contribution < -0.4 is 17.4 Å². The van der Waals surface area contributed by atoms with Crippen LogP contribution in [0.1, 0.15) is 19.8 Å². The zero-order chi connectivity index (χ0) is 8.20. The Morgan fingerprint density at radius 1 is 1.60 bits per heavy atom. The van der Waals surface area contributed by atoms with Crippen LogP contribution >= 0.6 is 0 Å². The van der Waals surface area contributed by atoms with Gasteiger partial charge in [0, 0.05) is 0 Å². The molecular formula is C5H13N3O2. The zero-order valence-electron chi connectivity index (χ0n) is 5.96. The van der Waals surface area contributed by atoms with Crippen LogP contribution in [-0.4, -0.2) is 11.6 Å². The molecule has 0 unspecified atom stereocenters. The topological polar surface area (TPSA) is 104 Å². The summed E-state index contributed by atoms with van der Waals surface area (Å²) in [5, 5.41) is 0. The van der Waals surface area contributed by atoms with Crippen molar-refractivity contribution in [1.82, 2.24) is 0 Å². The van der Waals surface area contributed by atoms with Crippen molar-refractivity contribution in [2.45, 2.75) is 25.4 Å². The van der Waals surface area contributed by atoms with Crippen LogP contribution in [-0.2, 0) is 9.63 Å². The SMILES string of the molecule is CCCC(N)(N)C(=O)ON. The lowest BCUT2D eigenvalue weighted by atomic mass is 10.1. The van der Waals surface area contributed by atoms with E-state index in [1.807, 2.05) is 6.92 Å². The molecule has 0 aromatic carbocycles. The summed E-state index contributed by atoms with van der Waals surface area (Å²) in [5.74, 6) is 3.80. The third-order valence-electron chi connectivity index (χ3n) is 1.15. The van der Waals surface area contributed by atoms with Gasteiger partial charge in [0.15, 0.2) is 5.66 Å². The number of carbonyl (C=O) groups excluding carboxylic acids is 1. The molecule has 0 radical (unpaired) electrons. The molecule has 5 heteroatoms. The fourth-order valence-electron chi connectivity index (χ4n) is 0.625. The number of carbonyl (C=O) groups is 1. The number of hydrogen-bond acceptors (Lipinski definition) is 5. The van der Waals surface area contributed by atoms with E-state index in [1.54, 1.807) is 0 Å². The highest BCUT2D eigenvalue weighted by atomic mass is 16.7. The summed E-state index contributed by atoms with van der Waals surface area (Å²) in [6.07, 6.45) is 1.07. The third kappa shape index (κ3) is 2.30. The van der Waals surface area contributed by atoms with Crippen molar-refractivity contribution < 1.29 is 9.63 Å². The predicted octanol–water partition coefficient (Wildman–Crippen LogP) is -1.18. The van der Waals surface area contributed by atoms with Gasteiger partial charge >= 0.3 is 5.97 Å². The molecule has 0 saturated carbocycles. The first-order valence-electron chi connectivity index (χ1n) is 3.03. The van der Waals surface area contributed by atoms with E-state index in [-0.39, 0.29) is 0 Å². The molecule has 0 aromatic heterocycles. The van der Waals surface area contributed by atoms with Gasteiger partial charge in [-0.05, 0) is 6.42 Å². The second-order valence-electron chi connectivity index (χ2n) is 2.20. The molecule has 0 fully saturated rings. The molecule has 0 aliphatic heterocycles. The van der Waals surface area contributed by atoms with Crippen LogP contribution in [0.4, 0.5) is 0 Å². The number of rotatable bonds is 3. The molecule has 60 valence electrons. The van der Waals surface area contributed by atoms with E-state index >= 15 is 0 Å². The zero-order valence-corrected chi connectivity index (χ0v) is 5.96. The second kappa shape index (κ2) is 3.50. The van der Waals surface area contributed by atoms with E-state index in [2.05, 4.69) is 10.7 Å². The minimum absolute atomic E-state index is 0.364. The fraction of sp³-hybridized carbons (Fsp3) is 0.800. The molecule has 0 aliphatic carbocycles. The average Bonchev–Trinajstić information content (AvgIpc) is 1.86. The summed E-state index contributed by atoms with van der Waals surface area (Å²) in [6.45, 7) is 1.86. The first-order chi connectivity index (χ1) is 4.54. The maximum Gasteiger partial charge on any atom is 0.359 e. The molecule has 0 atom stereocenters. The minimum Gasteiger partial charge on any atom is -0.371 e. The van der Waals surface area contributed by atoms with Crippen LogP contribution in [0.3, 0.4) is 0 Å². The summed E-state index contributed by atoms with van der Waals surface area (Å²) in [6, 6.07) is 0. The second-order valence-corrected chi connectivity index (χ2v) is 2.20. The van der Waals surface area contributed by atoms with E-state index in [0.717, 1.165) is 0 Å². The normalized spacial score (nSPS) is 11.2. The summed E-state index contributed by atoms with van der Waals surface area (Å²) in [7, 11) is 0. The van der Waals surface area contributed by atoms with Gasteiger partial charge in [0.1, 0.15) is 0 Å². The highest BCUT2D eigenvalue weighted by Gasteiger charge is 2.29. The molecule has 5 nitrogen and oxygen atoms in total. The molecule has 0 spiro atoms. The Labute approximate surface area is 59.4 Å². The van der Waals surface area contributed by atoms with Gasteiger partial charge in [0.25, 0.3) is 0 Å². The van der Waals surface area contributed by atoms with Gasteiger partial charge in [-0.2, -0.15) is 5.90 Å². The van der Waals surface area contributed by atoms with Crippen molar-refractivity contribution in [3.05, 3.63) is 0 Å². The monoisotopic (exact) mass is 147 g/mol. The third-order valence-corrected chi connectivity index (χ3v) is 1.15. The van der Waals surface area contributed by atoms with Gasteiger partial charge in [0.05, 0.1) is 0 Å². The maximum absolute atomic E-state index is 10.6. The molecule has 0 bridgehead atoms. The lowest BCUT2D eigenvalue weighted by molar-refractivity contribution is -0.150. The standard InChI is InChI=1S/C5H13N3O2/c1-2-3-5(6,7)4(9)10-8/h2-3,6-8H2,1H3. The highest BCUT2D eigenvalue weighted by Crippen LogP contribution is 2.02. The molecule has 6 N–H and O–H groups in total. The van der Waals surface area contributed by atoms with Gasteiger partial charge in [-0.15, -0.1) is 0 Å². The van der Waals surface area contributed by atoms with Gasteiger partial charge in [-0.25, -0.2) is 4.79 Å². The summed E-state index contributed by atoms with van der Waals surface area (Å²) >= 11 is 0. The summed E-state index contributed by atoms with van der Waals surface area (Å²) in [4.78, 5) is 14.5. The Hall–Kier alpha value is -0.650. The highest BCUT2D eigenvalue weighted by molar-refractivity contribution is 5.79. The van der Waals surface area contributed by atoms with E-state index in [9.17, 15) is 4.79 Å². The van der Waals surface area contributed by atoms with E-state index < -0.39 is 11.6 Å². The molecule has 0 amide bonds. The smallest absolute Gasteiger partial charge is 0.359 e. The van der Waals surface area contributed by atoms with Crippen molar-refractivity contribution in [2.75, 3.05) is 0 Å². The Balaban J connectivity index is 3.96. The molecule has 0 saturated heterocycles. The Morgan fingerprint density at radius 3 is 2.40 bits per heavy atom. The molecule has 10 heavy (non-hydrogen) atoms. The molecule has 0 rings (SSSR count). The molecular weight excluding hydrogens is 134 g/mol. The predicted molar refractivity (Wildman–Crippen MR) is 36.3 cm³/mol. The lowest BCUT2D eigenvalue weighted by Gasteiger charge is -2.18. The van der Waals surface area contributed by atoms with Crippen molar-refractivity contribution in [3.63, 3.8) is 0 Å². The fourth-order valence-corrected chi connectivity index (χ4v) is 0.625. The minimum atomic E-state index is -1.43. The average molecular weight is 147 g/mol. The number of hydrogen-bond donors (Lipinski definition) is 3. The number of nitrogens with two attached hydrogens (primary N) is 3. The largest absolute Gasteiger partial charge is 0.371 e. The van der Waals surface area contributed by atoms with Gasteiger partial charge in [-0.3, -0.25) is 0 Å². The van der Waals surface area contributed by atoms with E-state index in [0.29, 0.717) is 12.8 Å².